The second kappa shape index (κ2) is 5.21. The third-order valence-electron chi connectivity index (χ3n) is 2.74. The number of rotatable bonds is 4. The van der Waals surface area contributed by atoms with Gasteiger partial charge in [-0.25, -0.2) is 4.98 Å². The third-order valence-corrected chi connectivity index (χ3v) is 2.74. The average Bonchev–Trinajstić information content (AvgIpc) is 2.96. The molecule has 0 aliphatic rings. The number of nitrogens with zero attached hydrogens (tertiary/aromatic N) is 4. The van der Waals surface area contributed by atoms with Crippen molar-refractivity contribution in [1.29, 1.82) is 0 Å². The van der Waals surface area contributed by atoms with E-state index >= 15 is 0 Å². The predicted molar refractivity (Wildman–Crippen MR) is 69.6 cm³/mol. The SMILES string of the molecule is Cc1nc([C@H](C)NC(=O)c2cnn(C(C)C)c2)n[nH]1. The molecule has 102 valence electrons. The van der Waals surface area contributed by atoms with Gasteiger partial charge in [-0.15, -0.1) is 0 Å². The van der Waals surface area contributed by atoms with Crippen LogP contribution in [0.4, 0.5) is 0 Å². The first-order chi connectivity index (χ1) is 8.97. The highest BCUT2D eigenvalue weighted by Crippen LogP contribution is 2.09. The number of hydrogen-bond donors (Lipinski definition) is 2. The van der Waals surface area contributed by atoms with Crippen LogP contribution in [0.3, 0.4) is 0 Å². The number of nitrogens with one attached hydrogen (secondary N) is 2. The summed E-state index contributed by atoms with van der Waals surface area (Å²) in [7, 11) is 0. The Morgan fingerprint density at radius 1 is 1.42 bits per heavy atom. The molecule has 0 fully saturated rings. The second-order valence-electron chi connectivity index (χ2n) is 4.78. The van der Waals surface area contributed by atoms with Crippen LogP contribution in [0.15, 0.2) is 12.4 Å². The molecule has 2 heterocycles. The monoisotopic (exact) mass is 262 g/mol. The maximum atomic E-state index is 12.0. The minimum Gasteiger partial charge on any atom is -0.342 e. The number of hydrogen-bond acceptors (Lipinski definition) is 4. The molecule has 0 saturated carbocycles. The highest BCUT2D eigenvalue weighted by molar-refractivity contribution is 5.93. The van der Waals surface area contributed by atoms with Crippen molar-refractivity contribution in [2.24, 2.45) is 0 Å². The highest BCUT2D eigenvalue weighted by atomic mass is 16.1. The maximum absolute atomic E-state index is 12.0. The van der Waals surface area contributed by atoms with Crippen molar-refractivity contribution < 1.29 is 4.79 Å². The topological polar surface area (TPSA) is 88.5 Å². The summed E-state index contributed by atoms with van der Waals surface area (Å²) in [6.07, 6.45) is 3.29. The first kappa shape index (κ1) is 13.3. The fourth-order valence-corrected chi connectivity index (χ4v) is 1.64. The zero-order valence-electron chi connectivity index (χ0n) is 11.5. The number of carbonyl (C=O) groups is 1. The number of aromatic amines is 1. The molecule has 1 atom stereocenters. The summed E-state index contributed by atoms with van der Waals surface area (Å²) in [6.45, 7) is 7.67. The summed E-state index contributed by atoms with van der Waals surface area (Å²) in [5.74, 6) is 1.12. The van der Waals surface area contributed by atoms with Crippen LogP contribution in [-0.4, -0.2) is 30.9 Å². The molecule has 0 saturated heterocycles. The number of H-pyrrole nitrogens is 1. The molecular weight excluding hydrogens is 244 g/mol. The van der Waals surface area contributed by atoms with Crippen molar-refractivity contribution in [2.75, 3.05) is 0 Å². The molecular formula is C12H18N6O. The van der Waals surface area contributed by atoms with E-state index in [1.54, 1.807) is 17.1 Å². The largest absolute Gasteiger partial charge is 0.342 e. The van der Waals surface area contributed by atoms with Crippen molar-refractivity contribution in [2.45, 2.75) is 39.8 Å². The van der Waals surface area contributed by atoms with Gasteiger partial charge in [0.1, 0.15) is 5.82 Å². The molecule has 2 rings (SSSR count). The quantitative estimate of drug-likeness (QED) is 0.871. The van der Waals surface area contributed by atoms with Crippen molar-refractivity contribution in [3.63, 3.8) is 0 Å². The van der Waals surface area contributed by atoms with E-state index < -0.39 is 0 Å². The Balaban J connectivity index is 2.04. The molecule has 7 heteroatoms. The first-order valence-corrected chi connectivity index (χ1v) is 6.21. The normalized spacial score (nSPS) is 12.7. The first-order valence-electron chi connectivity index (χ1n) is 6.21. The van der Waals surface area contributed by atoms with Gasteiger partial charge in [-0.05, 0) is 27.7 Å². The van der Waals surface area contributed by atoms with Crippen LogP contribution in [0.2, 0.25) is 0 Å². The van der Waals surface area contributed by atoms with E-state index in [-0.39, 0.29) is 18.0 Å². The number of aryl methyl sites for hydroxylation is 1. The molecule has 0 aliphatic carbocycles. The number of carbonyl (C=O) groups excluding carboxylic acids is 1. The van der Waals surface area contributed by atoms with E-state index in [0.717, 1.165) is 5.82 Å². The molecule has 19 heavy (non-hydrogen) atoms. The fraction of sp³-hybridized carbons (Fsp3) is 0.500. The van der Waals surface area contributed by atoms with Gasteiger partial charge in [-0.3, -0.25) is 14.6 Å². The van der Waals surface area contributed by atoms with E-state index in [0.29, 0.717) is 11.4 Å². The van der Waals surface area contributed by atoms with Crippen molar-refractivity contribution >= 4 is 5.91 Å². The van der Waals surface area contributed by atoms with Crippen molar-refractivity contribution in [3.05, 3.63) is 29.6 Å². The van der Waals surface area contributed by atoms with Gasteiger partial charge in [-0.1, -0.05) is 0 Å². The van der Waals surface area contributed by atoms with E-state index in [9.17, 15) is 4.79 Å². The van der Waals surface area contributed by atoms with Crippen molar-refractivity contribution in [1.82, 2.24) is 30.3 Å². The number of amides is 1. The lowest BCUT2D eigenvalue weighted by Gasteiger charge is -2.09. The van der Waals surface area contributed by atoms with Crippen LogP contribution in [0.25, 0.3) is 0 Å². The Kier molecular flexibility index (Phi) is 3.64. The van der Waals surface area contributed by atoms with Gasteiger partial charge in [0, 0.05) is 12.2 Å². The molecule has 2 aromatic heterocycles. The van der Waals surface area contributed by atoms with Crippen LogP contribution < -0.4 is 5.32 Å². The summed E-state index contributed by atoms with van der Waals surface area (Å²) in [6, 6.07) is -0.0190. The zero-order valence-corrected chi connectivity index (χ0v) is 11.5. The summed E-state index contributed by atoms with van der Waals surface area (Å²) in [4.78, 5) is 16.2. The molecule has 0 radical (unpaired) electrons. The Bertz CT molecular complexity index is 570. The summed E-state index contributed by atoms with van der Waals surface area (Å²) in [5.41, 5.74) is 0.535. The van der Waals surface area contributed by atoms with Gasteiger partial charge >= 0.3 is 0 Å². The number of aromatic nitrogens is 5. The molecule has 1 amide bonds. The molecule has 2 aromatic rings. The minimum absolute atomic E-state index is 0.179. The summed E-state index contributed by atoms with van der Waals surface area (Å²) in [5, 5.41) is 13.8. The lowest BCUT2D eigenvalue weighted by molar-refractivity contribution is 0.0938. The fourth-order valence-electron chi connectivity index (χ4n) is 1.64. The molecule has 0 aromatic carbocycles. The Morgan fingerprint density at radius 3 is 2.68 bits per heavy atom. The predicted octanol–water partition coefficient (Wildman–Crippen LogP) is 1.38. The lowest BCUT2D eigenvalue weighted by atomic mass is 10.2. The second-order valence-corrected chi connectivity index (χ2v) is 4.78. The van der Waals surface area contributed by atoms with E-state index in [2.05, 4.69) is 25.6 Å². The average molecular weight is 262 g/mol. The van der Waals surface area contributed by atoms with E-state index in [4.69, 9.17) is 0 Å². The van der Waals surface area contributed by atoms with Crippen LogP contribution in [-0.2, 0) is 0 Å². The summed E-state index contributed by atoms with van der Waals surface area (Å²) >= 11 is 0. The Hall–Kier alpha value is -2.18. The van der Waals surface area contributed by atoms with Crippen LogP contribution in [0.5, 0.6) is 0 Å². The molecule has 7 nitrogen and oxygen atoms in total. The van der Waals surface area contributed by atoms with Crippen molar-refractivity contribution in [3.8, 4) is 0 Å². The van der Waals surface area contributed by atoms with E-state index in [1.807, 2.05) is 27.7 Å². The summed E-state index contributed by atoms with van der Waals surface area (Å²) < 4.78 is 1.75. The molecule has 0 spiro atoms. The standard InChI is InChI=1S/C12H18N6O/c1-7(2)18-6-10(5-13-18)12(19)14-8(3)11-15-9(4)16-17-11/h5-8H,1-4H3,(H,14,19)(H,15,16,17)/t8-/m0/s1. The smallest absolute Gasteiger partial charge is 0.255 e. The minimum atomic E-state index is -0.250. The van der Waals surface area contributed by atoms with Gasteiger partial charge in [0.15, 0.2) is 5.82 Å². The maximum Gasteiger partial charge on any atom is 0.255 e. The molecule has 2 N–H and O–H groups in total. The lowest BCUT2D eigenvalue weighted by Crippen LogP contribution is -2.27. The van der Waals surface area contributed by atoms with Crippen LogP contribution >= 0.6 is 0 Å². The van der Waals surface area contributed by atoms with Gasteiger partial charge in [0.05, 0.1) is 17.8 Å². The molecule has 0 bridgehead atoms. The van der Waals surface area contributed by atoms with Gasteiger partial charge in [0.25, 0.3) is 5.91 Å². The van der Waals surface area contributed by atoms with Gasteiger partial charge in [-0.2, -0.15) is 10.2 Å². The van der Waals surface area contributed by atoms with Gasteiger partial charge in [0.2, 0.25) is 0 Å². The third kappa shape index (κ3) is 2.98. The molecule has 0 unspecified atom stereocenters. The van der Waals surface area contributed by atoms with Gasteiger partial charge < -0.3 is 5.32 Å². The Morgan fingerprint density at radius 2 is 2.16 bits per heavy atom. The molecule has 0 aliphatic heterocycles. The van der Waals surface area contributed by atoms with E-state index in [1.165, 1.54) is 0 Å². The Labute approximate surface area is 111 Å². The van der Waals surface area contributed by atoms with Crippen LogP contribution in [0.1, 0.15) is 54.9 Å². The zero-order chi connectivity index (χ0) is 14.0. The highest BCUT2D eigenvalue weighted by Gasteiger charge is 2.16. The van der Waals surface area contributed by atoms with Crippen LogP contribution in [0, 0.1) is 6.92 Å².